The van der Waals surface area contributed by atoms with Crippen molar-refractivity contribution in [3.05, 3.63) is 44.9 Å². The summed E-state index contributed by atoms with van der Waals surface area (Å²) in [4.78, 5) is 13.5. The van der Waals surface area contributed by atoms with E-state index < -0.39 is 0 Å². The van der Waals surface area contributed by atoms with Gasteiger partial charge in [-0.25, -0.2) is 0 Å². The van der Waals surface area contributed by atoms with Gasteiger partial charge in [0.1, 0.15) is 0 Å². The van der Waals surface area contributed by atoms with Gasteiger partial charge in [-0.15, -0.1) is 0 Å². The van der Waals surface area contributed by atoms with E-state index in [9.17, 15) is 4.79 Å². The molecule has 1 N–H and O–H groups in total. The quantitative estimate of drug-likeness (QED) is 0.795. The van der Waals surface area contributed by atoms with Crippen LogP contribution in [-0.2, 0) is 13.0 Å². The van der Waals surface area contributed by atoms with Gasteiger partial charge in [0.15, 0.2) is 0 Å². The standard InChI is InChI=1S/C16H21NO2S/c1-2-14-15(13-9-5-3-6-10-13)17(16(19)20-14)11-7-4-8-12-18/h3,5-6,9-10,18H,2,4,7-8,11-12H2,1H3. The predicted molar refractivity (Wildman–Crippen MR) is 84.3 cm³/mol. The predicted octanol–water partition coefficient (Wildman–Crippen LogP) is 3.30. The number of aromatic nitrogens is 1. The molecular formula is C16H21NO2S. The highest BCUT2D eigenvalue weighted by Gasteiger charge is 2.14. The number of hydrogen-bond acceptors (Lipinski definition) is 3. The van der Waals surface area contributed by atoms with E-state index in [0.717, 1.165) is 48.4 Å². The molecule has 0 unspecified atom stereocenters. The molecule has 1 heterocycles. The number of thiazole rings is 1. The fourth-order valence-corrected chi connectivity index (χ4v) is 3.34. The van der Waals surface area contributed by atoms with Crippen LogP contribution in [0.5, 0.6) is 0 Å². The zero-order valence-electron chi connectivity index (χ0n) is 11.8. The van der Waals surface area contributed by atoms with Crippen molar-refractivity contribution in [1.29, 1.82) is 0 Å². The van der Waals surface area contributed by atoms with Crippen molar-refractivity contribution in [2.75, 3.05) is 6.61 Å². The lowest BCUT2D eigenvalue weighted by atomic mass is 10.1. The van der Waals surface area contributed by atoms with Crippen molar-refractivity contribution in [3.8, 4) is 11.3 Å². The van der Waals surface area contributed by atoms with E-state index in [1.807, 2.05) is 22.8 Å². The maximum atomic E-state index is 12.2. The van der Waals surface area contributed by atoms with Crippen LogP contribution in [0.15, 0.2) is 35.1 Å². The molecule has 0 amide bonds. The first-order valence-corrected chi connectivity index (χ1v) is 7.98. The largest absolute Gasteiger partial charge is 0.396 e. The SMILES string of the molecule is CCc1sc(=O)n(CCCCCO)c1-c1ccccc1. The van der Waals surface area contributed by atoms with Gasteiger partial charge in [0, 0.05) is 18.0 Å². The lowest BCUT2D eigenvalue weighted by Crippen LogP contribution is -2.14. The molecule has 1 aromatic heterocycles. The smallest absolute Gasteiger partial charge is 0.307 e. The minimum absolute atomic E-state index is 0.129. The Morgan fingerprint density at radius 1 is 1.15 bits per heavy atom. The lowest BCUT2D eigenvalue weighted by Gasteiger charge is -2.09. The van der Waals surface area contributed by atoms with Gasteiger partial charge in [-0.2, -0.15) is 0 Å². The maximum Gasteiger partial charge on any atom is 0.307 e. The highest BCUT2D eigenvalue weighted by molar-refractivity contribution is 7.09. The van der Waals surface area contributed by atoms with Gasteiger partial charge < -0.3 is 5.11 Å². The normalized spacial score (nSPS) is 10.9. The van der Waals surface area contributed by atoms with Gasteiger partial charge >= 0.3 is 4.87 Å². The second kappa shape index (κ2) is 7.41. The minimum atomic E-state index is 0.129. The fraction of sp³-hybridized carbons (Fsp3) is 0.438. The number of unbranched alkanes of at least 4 members (excludes halogenated alkanes) is 2. The number of aryl methyl sites for hydroxylation is 1. The third-order valence-corrected chi connectivity index (χ3v) is 4.50. The Balaban J connectivity index is 2.31. The minimum Gasteiger partial charge on any atom is -0.396 e. The van der Waals surface area contributed by atoms with E-state index in [1.165, 1.54) is 11.3 Å². The Hall–Kier alpha value is -1.39. The molecule has 0 fully saturated rings. The molecule has 20 heavy (non-hydrogen) atoms. The van der Waals surface area contributed by atoms with Gasteiger partial charge in [0.2, 0.25) is 0 Å². The van der Waals surface area contributed by atoms with Crippen LogP contribution in [0.1, 0.15) is 31.1 Å². The molecule has 0 spiro atoms. The third kappa shape index (κ3) is 3.38. The monoisotopic (exact) mass is 291 g/mol. The van der Waals surface area contributed by atoms with Crippen molar-refractivity contribution >= 4 is 11.3 Å². The van der Waals surface area contributed by atoms with Crippen molar-refractivity contribution in [2.45, 2.75) is 39.2 Å². The summed E-state index contributed by atoms with van der Waals surface area (Å²) in [6.45, 7) is 3.05. The number of hydrogen-bond donors (Lipinski definition) is 1. The van der Waals surface area contributed by atoms with E-state index >= 15 is 0 Å². The second-order valence-corrected chi connectivity index (χ2v) is 5.84. The van der Waals surface area contributed by atoms with E-state index in [1.54, 1.807) is 0 Å². The fourth-order valence-electron chi connectivity index (χ4n) is 2.36. The first kappa shape index (κ1) is 15.0. The van der Waals surface area contributed by atoms with Crippen LogP contribution in [0.3, 0.4) is 0 Å². The maximum absolute atomic E-state index is 12.2. The summed E-state index contributed by atoms with van der Waals surface area (Å²) < 4.78 is 1.90. The van der Waals surface area contributed by atoms with Crippen molar-refractivity contribution < 1.29 is 5.11 Å². The average molecular weight is 291 g/mol. The molecule has 0 aliphatic rings. The average Bonchev–Trinajstić information content (AvgIpc) is 2.81. The number of aliphatic hydroxyl groups is 1. The molecule has 108 valence electrons. The molecule has 0 saturated heterocycles. The van der Waals surface area contributed by atoms with Crippen LogP contribution < -0.4 is 4.87 Å². The van der Waals surface area contributed by atoms with Crippen LogP contribution in [0.25, 0.3) is 11.3 Å². The van der Waals surface area contributed by atoms with Crippen LogP contribution >= 0.6 is 11.3 Å². The van der Waals surface area contributed by atoms with Crippen molar-refractivity contribution in [2.24, 2.45) is 0 Å². The molecule has 0 aliphatic heterocycles. The van der Waals surface area contributed by atoms with E-state index in [0.29, 0.717) is 0 Å². The molecule has 0 bridgehead atoms. The molecule has 0 saturated carbocycles. The molecule has 0 aliphatic carbocycles. The molecule has 2 aromatic rings. The summed E-state index contributed by atoms with van der Waals surface area (Å²) in [5, 5.41) is 8.83. The molecule has 4 heteroatoms. The van der Waals surface area contributed by atoms with Crippen LogP contribution in [0, 0.1) is 0 Å². The van der Waals surface area contributed by atoms with E-state index in [4.69, 9.17) is 5.11 Å². The van der Waals surface area contributed by atoms with Crippen LogP contribution in [-0.4, -0.2) is 16.3 Å². The molecule has 2 rings (SSSR count). The zero-order valence-corrected chi connectivity index (χ0v) is 12.7. The Kier molecular flexibility index (Phi) is 5.56. The Bertz CT molecular complexity index is 586. The van der Waals surface area contributed by atoms with Gasteiger partial charge in [0.25, 0.3) is 0 Å². The first-order valence-electron chi connectivity index (χ1n) is 7.16. The molecule has 3 nitrogen and oxygen atoms in total. The number of rotatable bonds is 7. The summed E-state index contributed by atoms with van der Waals surface area (Å²) >= 11 is 1.36. The molecule has 1 aromatic carbocycles. The van der Waals surface area contributed by atoms with Gasteiger partial charge in [-0.3, -0.25) is 9.36 Å². The highest BCUT2D eigenvalue weighted by Crippen LogP contribution is 2.26. The van der Waals surface area contributed by atoms with Gasteiger partial charge in [-0.05, 0) is 31.2 Å². The second-order valence-electron chi connectivity index (χ2n) is 4.80. The highest BCUT2D eigenvalue weighted by atomic mass is 32.1. The van der Waals surface area contributed by atoms with E-state index in [2.05, 4.69) is 19.1 Å². The van der Waals surface area contributed by atoms with Crippen molar-refractivity contribution in [1.82, 2.24) is 4.57 Å². The Morgan fingerprint density at radius 3 is 2.55 bits per heavy atom. The zero-order chi connectivity index (χ0) is 14.4. The van der Waals surface area contributed by atoms with E-state index in [-0.39, 0.29) is 11.5 Å². The number of aliphatic hydroxyl groups excluding tert-OH is 1. The number of nitrogens with zero attached hydrogens (tertiary/aromatic N) is 1. The van der Waals surface area contributed by atoms with Gasteiger partial charge in [0.05, 0.1) is 5.69 Å². The topological polar surface area (TPSA) is 42.2 Å². The van der Waals surface area contributed by atoms with Crippen LogP contribution in [0.2, 0.25) is 0 Å². The molecule has 0 radical (unpaired) electrons. The molecular weight excluding hydrogens is 270 g/mol. The Labute approximate surface area is 123 Å². The third-order valence-electron chi connectivity index (χ3n) is 3.37. The summed E-state index contributed by atoms with van der Waals surface area (Å²) in [6.07, 6.45) is 3.57. The lowest BCUT2D eigenvalue weighted by molar-refractivity contribution is 0.282. The number of benzene rings is 1. The molecule has 0 atom stereocenters. The summed E-state index contributed by atoms with van der Waals surface area (Å²) in [7, 11) is 0. The Morgan fingerprint density at radius 2 is 1.90 bits per heavy atom. The summed E-state index contributed by atoms with van der Waals surface area (Å²) in [5.41, 5.74) is 2.19. The first-order chi connectivity index (χ1) is 9.77. The van der Waals surface area contributed by atoms with Crippen LogP contribution in [0.4, 0.5) is 0 Å². The summed E-state index contributed by atoms with van der Waals surface area (Å²) in [6, 6.07) is 10.1. The van der Waals surface area contributed by atoms with Crippen molar-refractivity contribution in [3.63, 3.8) is 0 Å². The van der Waals surface area contributed by atoms with Gasteiger partial charge in [-0.1, -0.05) is 48.6 Å². The summed E-state index contributed by atoms with van der Waals surface area (Å²) in [5.74, 6) is 0.